The van der Waals surface area contributed by atoms with Gasteiger partial charge in [-0.15, -0.1) is 11.6 Å². The number of morpholine rings is 1. The summed E-state index contributed by atoms with van der Waals surface area (Å²) in [6.07, 6.45) is -0.0207. The normalized spacial score (nSPS) is 23.5. The number of rotatable bonds is 3. The molecule has 1 fully saturated rings. The maximum atomic E-state index is 13.9. The number of hydrogen-bond donors (Lipinski definition) is 0. The molecule has 0 bridgehead atoms. The fraction of sp³-hybridized carbons (Fsp3) is 0.571. The first-order valence-electron chi connectivity index (χ1n) is 6.30. The van der Waals surface area contributed by atoms with Crippen LogP contribution in [0.25, 0.3) is 0 Å². The van der Waals surface area contributed by atoms with Gasteiger partial charge in [0.1, 0.15) is 5.82 Å². The standard InChI is InChI=1S/C14H18Cl2FNO/c1-14(2)9-18(8-11(6-15)19-14)7-10-4-3-5-12(16)13(10)17/h3-5,11H,6-9H2,1-2H3. The molecule has 106 valence electrons. The van der Waals surface area contributed by atoms with Crippen molar-refractivity contribution in [1.29, 1.82) is 0 Å². The van der Waals surface area contributed by atoms with E-state index in [0.717, 1.165) is 6.54 Å². The van der Waals surface area contributed by atoms with Crippen molar-refractivity contribution >= 4 is 23.2 Å². The zero-order valence-corrected chi connectivity index (χ0v) is 12.6. The van der Waals surface area contributed by atoms with Gasteiger partial charge < -0.3 is 4.74 Å². The Balaban J connectivity index is 2.11. The molecule has 1 unspecified atom stereocenters. The number of ether oxygens (including phenoxy) is 1. The van der Waals surface area contributed by atoms with Gasteiger partial charge in [-0.25, -0.2) is 4.39 Å². The van der Waals surface area contributed by atoms with Gasteiger partial charge in [-0.2, -0.15) is 0 Å². The van der Waals surface area contributed by atoms with Gasteiger partial charge in [0.15, 0.2) is 0 Å². The van der Waals surface area contributed by atoms with Crippen molar-refractivity contribution in [3.05, 3.63) is 34.6 Å². The molecule has 5 heteroatoms. The first-order chi connectivity index (χ1) is 8.91. The number of hydrogen-bond acceptors (Lipinski definition) is 2. The van der Waals surface area contributed by atoms with Gasteiger partial charge in [0, 0.05) is 31.1 Å². The van der Waals surface area contributed by atoms with E-state index in [1.165, 1.54) is 0 Å². The Hall–Kier alpha value is -0.350. The summed E-state index contributed by atoms with van der Waals surface area (Å²) in [6, 6.07) is 5.09. The summed E-state index contributed by atoms with van der Waals surface area (Å²) in [5.41, 5.74) is 0.339. The Bertz CT molecular complexity index is 453. The minimum Gasteiger partial charge on any atom is -0.368 e. The minimum atomic E-state index is -0.337. The Labute approximate surface area is 123 Å². The van der Waals surface area contributed by atoms with Gasteiger partial charge in [0.05, 0.1) is 16.7 Å². The summed E-state index contributed by atoms with van der Waals surface area (Å²) in [4.78, 5) is 2.16. The lowest BCUT2D eigenvalue weighted by Gasteiger charge is -2.42. The third-order valence-electron chi connectivity index (χ3n) is 3.15. The van der Waals surface area contributed by atoms with Crippen LogP contribution in [0.2, 0.25) is 5.02 Å². The summed E-state index contributed by atoms with van der Waals surface area (Å²) in [5, 5.41) is 0.166. The fourth-order valence-electron chi connectivity index (χ4n) is 2.53. The monoisotopic (exact) mass is 305 g/mol. The van der Waals surface area contributed by atoms with E-state index in [0.29, 0.717) is 24.5 Å². The summed E-state index contributed by atoms with van der Waals surface area (Å²) < 4.78 is 19.8. The molecule has 19 heavy (non-hydrogen) atoms. The lowest BCUT2D eigenvalue weighted by molar-refractivity contribution is -0.129. The summed E-state index contributed by atoms with van der Waals surface area (Å²) in [6.45, 7) is 6.01. The first kappa shape index (κ1) is 15.0. The first-order valence-corrected chi connectivity index (χ1v) is 7.21. The lowest BCUT2D eigenvalue weighted by Crippen LogP contribution is -2.52. The van der Waals surface area contributed by atoms with Gasteiger partial charge in [0.2, 0.25) is 0 Å². The number of halogens is 3. The van der Waals surface area contributed by atoms with Crippen LogP contribution in [0.5, 0.6) is 0 Å². The number of nitrogens with zero attached hydrogens (tertiary/aromatic N) is 1. The van der Waals surface area contributed by atoms with Crippen molar-refractivity contribution in [2.24, 2.45) is 0 Å². The highest BCUT2D eigenvalue weighted by molar-refractivity contribution is 6.30. The average Bonchev–Trinajstić information content (AvgIpc) is 2.33. The van der Waals surface area contributed by atoms with Crippen LogP contribution < -0.4 is 0 Å². The van der Waals surface area contributed by atoms with Crippen molar-refractivity contribution in [2.45, 2.75) is 32.1 Å². The van der Waals surface area contributed by atoms with Crippen LogP contribution in [0.1, 0.15) is 19.4 Å². The van der Waals surface area contributed by atoms with Gasteiger partial charge in [0.25, 0.3) is 0 Å². The summed E-state index contributed by atoms with van der Waals surface area (Å²) in [5.74, 6) is 0.105. The summed E-state index contributed by atoms with van der Waals surface area (Å²) in [7, 11) is 0. The highest BCUT2D eigenvalue weighted by atomic mass is 35.5. The van der Waals surface area contributed by atoms with Crippen LogP contribution in [0.3, 0.4) is 0 Å². The second-order valence-electron chi connectivity index (χ2n) is 5.54. The molecular weight excluding hydrogens is 288 g/mol. The molecule has 0 aromatic heterocycles. The van der Waals surface area contributed by atoms with E-state index in [-0.39, 0.29) is 22.5 Å². The van der Waals surface area contributed by atoms with Crippen LogP contribution in [-0.2, 0) is 11.3 Å². The highest BCUT2D eigenvalue weighted by Crippen LogP contribution is 2.25. The predicted octanol–water partition coefficient (Wildman–Crippen LogP) is 3.70. The smallest absolute Gasteiger partial charge is 0.146 e. The molecule has 1 heterocycles. The zero-order chi connectivity index (χ0) is 14.0. The largest absolute Gasteiger partial charge is 0.368 e. The SMILES string of the molecule is CC1(C)CN(Cc2cccc(Cl)c2F)CC(CCl)O1. The van der Waals surface area contributed by atoms with E-state index in [1.54, 1.807) is 18.2 Å². The molecule has 0 radical (unpaired) electrons. The molecule has 1 aliphatic heterocycles. The molecule has 1 atom stereocenters. The molecule has 1 saturated heterocycles. The Kier molecular flexibility index (Phi) is 4.72. The van der Waals surface area contributed by atoms with Crippen LogP contribution in [0.4, 0.5) is 4.39 Å². The molecule has 0 N–H and O–H groups in total. The van der Waals surface area contributed by atoms with Gasteiger partial charge in [-0.3, -0.25) is 4.90 Å². The fourth-order valence-corrected chi connectivity index (χ4v) is 2.88. The number of alkyl halides is 1. The number of benzene rings is 1. The second kappa shape index (κ2) is 5.96. The molecule has 2 nitrogen and oxygen atoms in total. The average molecular weight is 306 g/mol. The molecule has 1 aromatic carbocycles. The van der Waals surface area contributed by atoms with E-state index in [1.807, 2.05) is 13.8 Å². The zero-order valence-electron chi connectivity index (χ0n) is 11.1. The molecule has 1 aromatic rings. The molecule has 0 aliphatic carbocycles. The minimum absolute atomic E-state index is 0.0207. The van der Waals surface area contributed by atoms with Gasteiger partial charge in [-0.1, -0.05) is 23.7 Å². The van der Waals surface area contributed by atoms with Crippen molar-refractivity contribution in [3.63, 3.8) is 0 Å². The van der Waals surface area contributed by atoms with Crippen LogP contribution in [0, 0.1) is 5.82 Å². The molecule has 1 aliphatic rings. The van der Waals surface area contributed by atoms with E-state index in [9.17, 15) is 4.39 Å². The molecule has 0 amide bonds. The van der Waals surface area contributed by atoms with E-state index < -0.39 is 0 Å². The highest BCUT2D eigenvalue weighted by Gasteiger charge is 2.33. The second-order valence-corrected chi connectivity index (χ2v) is 6.25. The maximum Gasteiger partial charge on any atom is 0.146 e. The van der Waals surface area contributed by atoms with Crippen LogP contribution >= 0.6 is 23.2 Å². The topological polar surface area (TPSA) is 12.5 Å². The van der Waals surface area contributed by atoms with Crippen LogP contribution in [-0.4, -0.2) is 35.6 Å². The Morgan fingerprint density at radius 1 is 1.47 bits per heavy atom. The molecular formula is C14H18Cl2FNO. The molecule has 0 spiro atoms. The van der Waals surface area contributed by atoms with E-state index in [4.69, 9.17) is 27.9 Å². The van der Waals surface area contributed by atoms with Crippen molar-refractivity contribution in [2.75, 3.05) is 19.0 Å². The van der Waals surface area contributed by atoms with Crippen LogP contribution in [0.15, 0.2) is 18.2 Å². The molecule has 2 rings (SSSR count). The van der Waals surface area contributed by atoms with Crippen molar-refractivity contribution < 1.29 is 9.13 Å². The quantitative estimate of drug-likeness (QED) is 0.790. The Morgan fingerprint density at radius 3 is 2.89 bits per heavy atom. The van der Waals surface area contributed by atoms with Crippen molar-refractivity contribution in [1.82, 2.24) is 4.90 Å². The third kappa shape index (κ3) is 3.82. The Morgan fingerprint density at radius 2 is 2.21 bits per heavy atom. The van der Waals surface area contributed by atoms with Gasteiger partial charge in [-0.05, 0) is 19.9 Å². The van der Waals surface area contributed by atoms with E-state index >= 15 is 0 Å². The summed E-state index contributed by atoms with van der Waals surface area (Å²) >= 11 is 11.7. The molecule has 0 saturated carbocycles. The van der Waals surface area contributed by atoms with Crippen molar-refractivity contribution in [3.8, 4) is 0 Å². The lowest BCUT2D eigenvalue weighted by atomic mass is 10.0. The third-order valence-corrected chi connectivity index (χ3v) is 3.79. The van der Waals surface area contributed by atoms with E-state index in [2.05, 4.69) is 4.90 Å². The predicted molar refractivity (Wildman–Crippen MR) is 76.4 cm³/mol. The van der Waals surface area contributed by atoms with Gasteiger partial charge >= 0.3 is 0 Å². The maximum absolute atomic E-state index is 13.9.